The molecular formula is C65H103N9O9. The number of carbonyl (C=O) groups excluding carboxylic acids is 3. The van der Waals surface area contributed by atoms with Crippen molar-refractivity contribution in [2.24, 2.45) is 31.3 Å². The van der Waals surface area contributed by atoms with Crippen molar-refractivity contribution in [3.8, 4) is 5.75 Å². The molecule has 18 nitrogen and oxygen atoms in total. The van der Waals surface area contributed by atoms with Gasteiger partial charge >= 0.3 is 18.2 Å². The molecule has 2 atom stereocenters. The lowest BCUT2D eigenvalue weighted by atomic mass is 9.61. The largest absolute Gasteiger partial charge is 0.433 e. The van der Waals surface area contributed by atoms with Gasteiger partial charge in [0.2, 0.25) is 0 Å². The minimum Gasteiger partial charge on any atom is -0.410 e. The summed E-state index contributed by atoms with van der Waals surface area (Å²) in [7, 11) is 0. The molecule has 0 aromatic heterocycles. The predicted octanol–water partition coefficient (Wildman–Crippen LogP) is 12.3. The van der Waals surface area contributed by atoms with Crippen LogP contribution in [-0.2, 0) is 27.6 Å². The Hall–Kier alpha value is -6.21. The number of hydrogen-bond donors (Lipinski definition) is 5. The summed E-state index contributed by atoms with van der Waals surface area (Å²) in [5, 5.41) is 54.5. The molecule has 462 valence electrons. The molecule has 0 radical (unpaired) electrons. The fourth-order valence-corrected chi connectivity index (χ4v) is 9.75. The van der Waals surface area contributed by atoms with E-state index in [1.807, 2.05) is 65.0 Å². The fourth-order valence-electron chi connectivity index (χ4n) is 9.75. The lowest BCUT2D eigenvalue weighted by Gasteiger charge is -2.46. The van der Waals surface area contributed by atoms with Gasteiger partial charge in [0.05, 0.1) is 42.8 Å². The lowest BCUT2D eigenvalue weighted by molar-refractivity contribution is -0.144. The van der Waals surface area contributed by atoms with Crippen molar-refractivity contribution in [3.63, 3.8) is 0 Å². The van der Waals surface area contributed by atoms with Gasteiger partial charge < -0.3 is 40.4 Å². The maximum atomic E-state index is 12.1. The average Bonchev–Trinajstić information content (AvgIpc) is 3.67. The van der Waals surface area contributed by atoms with Gasteiger partial charge in [-0.15, -0.1) is 0 Å². The second kappa shape index (κ2) is 39.4. The highest BCUT2D eigenvalue weighted by Gasteiger charge is 2.42. The number of rotatable bonds is 17. The van der Waals surface area contributed by atoms with Gasteiger partial charge in [0.1, 0.15) is 5.75 Å². The molecule has 4 fully saturated rings. The van der Waals surface area contributed by atoms with Gasteiger partial charge in [-0.1, -0.05) is 138 Å². The van der Waals surface area contributed by atoms with Gasteiger partial charge in [-0.3, -0.25) is 14.9 Å². The Balaban J connectivity index is 0.000000288. The van der Waals surface area contributed by atoms with E-state index in [1.165, 1.54) is 16.8 Å². The van der Waals surface area contributed by atoms with Gasteiger partial charge in [0.15, 0.2) is 0 Å². The van der Waals surface area contributed by atoms with Crippen molar-refractivity contribution in [1.82, 2.24) is 25.6 Å². The van der Waals surface area contributed by atoms with Crippen molar-refractivity contribution in [2.45, 2.75) is 210 Å². The van der Waals surface area contributed by atoms with E-state index in [0.29, 0.717) is 44.5 Å². The Morgan fingerprint density at radius 2 is 1.10 bits per heavy atom. The first-order valence-electron chi connectivity index (χ1n) is 30.3. The number of hydrogen-bond acceptors (Lipinski definition) is 16. The number of oxime groups is 2. The molecule has 2 amide bonds. The fraction of sp³-hybridized carbons (Fsp3) is 0.615. The van der Waals surface area contributed by atoms with Crippen LogP contribution in [0, 0.1) is 10.8 Å². The molecule has 5 N–H and O–H groups in total. The third-order valence-corrected chi connectivity index (χ3v) is 14.8. The zero-order valence-corrected chi connectivity index (χ0v) is 52.2. The van der Waals surface area contributed by atoms with Crippen LogP contribution in [0.2, 0.25) is 0 Å². The van der Waals surface area contributed by atoms with Crippen molar-refractivity contribution in [3.05, 3.63) is 102 Å². The quantitative estimate of drug-likeness (QED) is 0.0484. The van der Waals surface area contributed by atoms with E-state index in [4.69, 9.17) is 24.6 Å². The predicted molar refractivity (Wildman–Crippen MR) is 334 cm³/mol. The molecule has 3 heterocycles. The van der Waals surface area contributed by atoms with E-state index in [9.17, 15) is 24.6 Å². The zero-order valence-electron chi connectivity index (χ0n) is 52.2. The average molecular weight is 1150 g/mol. The summed E-state index contributed by atoms with van der Waals surface area (Å²) < 4.78 is 5.19. The topological polar surface area (TPSA) is 223 Å². The number of aliphatic hydroxyl groups excluding tert-OH is 3. The minimum atomic E-state index is -0.526. The highest BCUT2D eigenvalue weighted by Crippen LogP contribution is 2.48. The molecule has 2 unspecified atom stereocenters. The molecule has 1 aliphatic carbocycles. The van der Waals surface area contributed by atoms with Crippen molar-refractivity contribution < 1.29 is 44.1 Å². The van der Waals surface area contributed by atoms with Crippen LogP contribution in [0.3, 0.4) is 0 Å². The molecule has 0 spiro atoms. The monoisotopic (exact) mass is 1150 g/mol. The Morgan fingerprint density at radius 3 is 1.58 bits per heavy atom. The summed E-state index contributed by atoms with van der Waals surface area (Å²) in [6.07, 6.45) is 10.7. The number of aliphatic hydroxyl groups is 3. The van der Waals surface area contributed by atoms with Gasteiger partial charge in [-0.25, -0.2) is 14.4 Å². The number of para-hydroxylation sites is 1. The second-order valence-electron chi connectivity index (χ2n) is 23.3. The zero-order chi connectivity index (χ0) is 61.0. The van der Waals surface area contributed by atoms with Crippen LogP contribution in [0.25, 0.3) is 0 Å². The third kappa shape index (κ3) is 31.9. The molecule has 0 bridgehead atoms. The van der Waals surface area contributed by atoms with Crippen LogP contribution in [0.4, 0.5) is 9.59 Å². The van der Waals surface area contributed by atoms with Crippen molar-refractivity contribution in [1.29, 1.82) is 0 Å². The Bertz CT molecular complexity index is 2360. The summed E-state index contributed by atoms with van der Waals surface area (Å²) >= 11 is 0. The summed E-state index contributed by atoms with van der Waals surface area (Å²) in [6.45, 7) is 29.1. The Morgan fingerprint density at radius 1 is 0.627 bits per heavy atom. The molecular weight excluding hydrogens is 1050 g/mol. The van der Waals surface area contributed by atoms with E-state index in [-0.39, 0.29) is 47.2 Å². The summed E-state index contributed by atoms with van der Waals surface area (Å²) in [5.41, 5.74) is 6.44. The van der Waals surface area contributed by atoms with Gasteiger partial charge in [-0.2, -0.15) is 10.2 Å². The molecule has 3 saturated heterocycles. The first-order chi connectivity index (χ1) is 39.6. The molecule has 3 aliphatic heterocycles. The van der Waals surface area contributed by atoms with Gasteiger partial charge in [0, 0.05) is 50.1 Å². The van der Waals surface area contributed by atoms with Crippen LogP contribution in [-0.4, -0.2) is 135 Å². The van der Waals surface area contributed by atoms with E-state index in [2.05, 4.69) is 126 Å². The van der Waals surface area contributed by atoms with Crippen LogP contribution >= 0.6 is 0 Å². The van der Waals surface area contributed by atoms with Crippen molar-refractivity contribution in [2.75, 3.05) is 39.3 Å². The molecule has 7 rings (SSSR count). The molecule has 1 saturated carbocycles. The standard InChI is InChI=1S/C21H37N3O4.C18H22N2.C12H15NO3.C9H18N2O.C5H11NO/c1-8-15(3)23-27-18(25)10-11-21(7)13-17(12-20(5,6)14-21)22-19(26)28-24-16(4)9-2;1-3-16(2)19-20(14-17-10-6-4-7-11-17)15-18-12-8-5-9-13-18;14-10-6-8-13(9-7-10)12(15)16-11-4-2-1-3-5-11;1-3-8(2)10-11-6-4-9(12)5-7-11;7-5-1-3-6-4-2-5/h17H,8-14H2,1-7H3,(H,22,26);4-13H,3,14-15H2,1-2H3;1-5,10,14H,6-9H2;9,12H,3-7H2,1-2H3;5-7H,1-4H2/b23-15+,24-16+;19-16+;;10-8+;. The maximum absolute atomic E-state index is 12.1. The summed E-state index contributed by atoms with van der Waals surface area (Å²) in [6, 6.07) is 30.0. The Labute approximate surface area is 497 Å². The number of likely N-dealkylation sites (tertiary alicyclic amines) is 1. The normalized spacial score (nSPS) is 19.8. The van der Waals surface area contributed by atoms with Crippen LogP contribution in [0.1, 0.15) is 184 Å². The van der Waals surface area contributed by atoms with Gasteiger partial charge in [-0.05, 0) is 165 Å². The molecule has 4 aliphatic rings. The highest BCUT2D eigenvalue weighted by molar-refractivity contribution is 5.83. The first kappa shape index (κ1) is 71.1. The second-order valence-corrected chi connectivity index (χ2v) is 23.3. The van der Waals surface area contributed by atoms with E-state index >= 15 is 0 Å². The van der Waals surface area contributed by atoms with Crippen molar-refractivity contribution >= 4 is 41.0 Å². The number of benzene rings is 3. The maximum Gasteiger partial charge on any atom is 0.433 e. The third-order valence-electron chi connectivity index (χ3n) is 14.8. The van der Waals surface area contributed by atoms with E-state index in [0.717, 1.165) is 127 Å². The first-order valence-corrected chi connectivity index (χ1v) is 30.3. The summed E-state index contributed by atoms with van der Waals surface area (Å²) in [5.74, 6) is 0.240. The van der Waals surface area contributed by atoms with Crippen LogP contribution in [0.5, 0.6) is 5.75 Å². The number of nitrogens with one attached hydrogen (secondary N) is 2. The van der Waals surface area contributed by atoms with Crippen LogP contribution in [0.15, 0.2) is 112 Å². The number of ether oxygens (including phenoxy) is 1. The van der Waals surface area contributed by atoms with Gasteiger partial charge in [0.25, 0.3) is 0 Å². The Kier molecular flexibility index (Phi) is 33.7. The lowest BCUT2D eigenvalue weighted by Crippen LogP contribution is -2.47. The molecule has 18 heteroatoms. The minimum absolute atomic E-state index is 0.0187. The molecule has 3 aromatic rings. The number of hydrazone groups is 2. The van der Waals surface area contributed by atoms with E-state index < -0.39 is 6.09 Å². The number of piperidine rings is 3. The number of nitrogens with zero attached hydrogens (tertiary/aromatic N) is 7. The SMILES string of the molecule is CC/C(C)=N/N(Cc1ccccc1)Cc1ccccc1.CC/C(C)=N/N1CCC(O)CC1.CC/C(C)=N/OC(=O)CCC1(C)CC(NC(=O)O/N=C(\C)CC)CC(C)(C)C1.O=C(Oc1ccccc1)N1CCC(O)CC1.OC1CCNCC1. The summed E-state index contributed by atoms with van der Waals surface area (Å²) in [4.78, 5) is 47.3. The smallest absolute Gasteiger partial charge is 0.410 e. The van der Waals surface area contributed by atoms with Crippen LogP contribution < -0.4 is 15.4 Å². The molecule has 83 heavy (non-hydrogen) atoms. The molecule has 3 aromatic carbocycles. The van der Waals surface area contributed by atoms with E-state index in [1.54, 1.807) is 17.0 Å². The number of carbonyl (C=O) groups is 3. The highest BCUT2D eigenvalue weighted by atomic mass is 16.7. The number of amides is 2.